The average molecular weight is 479 g/mol. The molecule has 0 N–H and O–H groups in total. The molecule has 0 bridgehead atoms. The quantitative estimate of drug-likeness (QED) is 0.357. The molecule has 0 radical (unpaired) electrons. The molecule has 1 aromatic carbocycles. The van der Waals surface area contributed by atoms with Crippen LogP contribution in [0.2, 0.25) is 0 Å². The minimum absolute atomic E-state index is 0.325. The predicted molar refractivity (Wildman–Crippen MR) is 110 cm³/mol. The van der Waals surface area contributed by atoms with Crippen LogP contribution in [0.4, 0.5) is 0 Å². The highest BCUT2D eigenvalue weighted by Crippen LogP contribution is 2.41. The van der Waals surface area contributed by atoms with Crippen LogP contribution < -0.4 is 0 Å². The van der Waals surface area contributed by atoms with Crippen molar-refractivity contribution in [3.8, 4) is 0 Å². The van der Waals surface area contributed by atoms with E-state index in [1.54, 1.807) is 19.5 Å². The molecular weight excluding hydrogens is 460 g/mol. The van der Waals surface area contributed by atoms with E-state index in [0.29, 0.717) is 6.61 Å². The van der Waals surface area contributed by atoms with E-state index in [-0.39, 0.29) is 6.10 Å². The molecule has 6 atom stereocenters. The molecule has 10 heteroatoms. The van der Waals surface area contributed by atoms with Crippen molar-refractivity contribution in [2.24, 2.45) is 5.11 Å². The number of halogens is 1. The SMILES string of the molecule is CO[C@H]1C(N=[N+]=[N-])[C@H]2OC(c3ccccc3)OCC2O[C@@H]1Sc1cncc(Br)c1. The van der Waals surface area contributed by atoms with Crippen LogP contribution in [0.15, 0.2) is 63.3 Å². The van der Waals surface area contributed by atoms with E-state index in [1.807, 2.05) is 36.4 Å². The molecule has 2 aliphatic rings. The Bertz CT molecular complexity index is 886. The van der Waals surface area contributed by atoms with E-state index in [0.717, 1.165) is 14.9 Å². The van der Waals surface area contributed by atoms with Crippen LogP contribution in [0.3, 0.4) is 0 Å². The number of nitrogens with zero attached hydrogens (tertiary/aromatic N) is 4. The number of ether oxygens (including phenoxy) is 4. The maximum Gasteiger partial charge on any atom is 0.184 e. The van der Waals surface area contributed by atoms with E-state index in [2.05, 4.69) is 30.9 Å². The van der Waals surface area contributed by atoms with Crippen LogP contribution in [0.1, 0.15) is 11.9 Å². The second-order valence-electron chi connectivity index (χ2n) is 6.57. The van der Waals surface area contributed by atoms with Gasteiger partial charge in [-0.05, 0) is 27.5 Å². The molecule has 29 heavy (non-hydrogen) atoms. The third kappa shape index (κ3) is 4.59. The summed E-state index contributed by atoms with van der Waals surface area (Å²) in [7, 11) is 1.58. The van der Waals surface area contributed by atoms with Crippen LogP contribution in [0, 0.1) is 0 Å². The zero-order chi connectivity index (χ0) is 20.2. The first kappa shape index (κ1) is 20.6. The van der Waals surface area contributed by atoms with Crippen LogP contribution in [-0.4, -0.2) is 48.5 Å². The molecule has 1 aromatic heterocycles. The first-order valence-electron chi connectivity index (χ1n) is 9.01. The van der Waals surface area contributed by atoms with Crippen molar-refractivity contribution in [2.45, 2.75) is 41.0 Å². The van der Waals surface area contributed by atoms with Gasteiger partial charge in [0.15, 0.2) is 6.29 Å². The monoisotopic (exact) mass is 478 g/mol. The van der Waals surface area contributed by atoms with Crippen LogP contribution in [-0.2, 0) is 18.9 Å². The van der Waals surface area contributed by atoms with Gasteiger partial charge in [0.05, 0.1) is 12.6 Å². The van der Waals surface area contributed by atoms with E-state index in [1.165, 1.54) is 11.8 Å². The fourth-order valence-electron chi connectivity index (χ4n) is 3.47. The van der Waals surface area contributed by atoms with Gasteiger partial charge >= 0.3 is 0 Å². The summed E-state index contributed by atoms with van der Waals surface area (Å²) < 4.78 is 24.9. The molecule has 2 saturated heterocycles. The van der Waals surface area contributed by atoms with Crippen molar-refractivity contribution < 1.29 is 18.9 Å². The van der Waals surface area contributed by atoms with Crippen molar-refractivity contribution in [3.05, 3.63) is 69.3 Å². The summed E-state index contributed by atoms with van der Waals surface area (Å²) in [5.41, 5.74) is 9.66. The summed E-state index contributed by atoms with van der Waals surface area (Å²) in [5, 5.41) is 4.01. The van der Waals surface area contributed by atoms with Crippen LogP contribution in [0.25, 0.3) is 10.4 Å². The lowest BCUT2D eigenvalue weighted by Gasteiger charge is -2.47. The molecule has 2 fully saturated rings. The Balaban J connectivity index is 1.57. The van der Waals surface area contributed by atoms with Crippen molar-refractivity contribution in [2.75, 3.05) is 13.7 Å². The Morgan fingerprint density at radius 2 is 2.10 bits per heavy atom. The van der Waals surface area contributed by atoms with Crippen molar-refractivity contribution in [1.29, 1.82) is 0 Å². The van der Waals surface area contributed by atoms with Crippen molar-refractivity contribution in [3.63, 3.8) is 0 Å². The zero-order valence-electron chi connectivity index (χ0n) is 15.5. The van der Waals surface area contributed by atoms with Gasteiger partial charge in [-0.2, -0.15) is 0 Å². The van der Waals surface area contributed by atoms with E-state index in [4.69, 9.17) is 24.5 Å². The number of benzene rings is 1. The zero-order valence-corrected chi connectivity index (χ0v) is 17.9. The topological polar surface area (TPSA) is 98.6 Å². The Morgan fingerprint density at radius 1 is 1.28 bits per heavy atom. The number of azide groups is 1. The van der Waals surface area contributed by atoms with Gasteiger partial charge in [0, 0.05) is 39.3 Å². The number of thioether (sulfide) groups is 1. The fourth-order valence-corrected chi connectivity index (χ4v) is 5.18. The lowest BCUT2D eigenvalue weighted by atomic mass is 9.96. The lowest BCUT2D eigenvalue weighted by Crippen LogP contribution is -2.60. The molecule has 4 rings (SSSR count). The summed E-state index contributed by atoms with van der Waals surface area (Å²) >= 11 is 4.89. The van der Waals surface area contributed by atoms with Gasteiger partial charge in [0.25, 0.3) is 0 Å². The number of methoxy groups -OCH3 is 1. The lowest BCUT2D eigenvalue weighted by molar-refractivity contribution is -0.298. The first-order chi connectivity index (χ1) is 14.2. The fraction of sp³-hybridized carbons (Fsp3) is 0.421. The molecule has 3 unspecified atom stereocenters. The van der Waals surface area contributed by atoms with Gasteiger partial charge in [-0.1, -0.05) is 47.2 Å². The molecule has 8 nitrogen and oxygen atoms in total. The van der Waals surface area contributed by atoms with Gasteiger partial charge in [0.1, 0.15) is 23.7 Å². The first-order valence-corrected chi connectivity index (χ1v) is 10.7. The molecule has 0 aliphatic carbocycles. The third-order valence-electron chi connectivity index (χ3n) is 4.77. The Labute approximate surface area is 180 Å². The molecule has 2 aromatic rings. The molecule has 0 saturated carbocycles. The van der Waals surface area contributed by atoms with Crippen molar-refractivity contribution >= 4 is 27.7 Å². The van der Waals surface area contributed by atoms with Crippen LogP contribution in [0.5, 0.6) is 0 Å². The highest BCUT2D eigenvalue weighted by molar-refractivity contribution is 9.10. The molecule has 0 spiro atoms. The highest BCUT2D eigenvalue weighted by atomic mass is 79.9. The number of fused-ring (bicyclic) bond motifs is 1. The van der Waals surface area contributed by atoms with Gasteiger partial charge in [-0.15, -0.1) is 0 Å². The smallest absolute Gasteiger partial charge is 0.184 e. The predicted octanol–water partition coefficient (Wildman–Crippen LogP) is 4.47. The minimum Gasteiger partial charge on any atom is -0.377 e. The molecule has 0 amide bonds. The highest BCUT2D eigenvalue weighted by Gasteiger charge is 2.50. The molecular formula is C19H19BrN4O4S. The average Bonchev–Trinajstić information content (AvgIpc) is 2.74. The molecule has 152 valence electrons. The minimum atomic E-state index is -0.559. The standard InChI is InChI=1S/C19H19BrN4O4S/c1-25-17-15(23-24-21)16-14(10-26-18(28-16)11-5-3-2-4-6-11)27-19(17)29-13-7-12(20)8-22-9-13/h2-9,14-19H,10H2,1H3/t14?,15?,16-,17-,18?,19+/m0/s1. The summed E-state index contributed by atoms with van der Waals surface area (Å²) in [6.07, 6.45) is 1.56. The summed E-state index contributed by atoms with van der Waals surface area (Å²) in [5.74, 6) is 0. The number of aromatic nitrogens is 1. The van der Waals surface area contributed by atoms with E-state index >= 15 is 0 Å². The maximum atomic E-state index is 9.17. The number of hydrogen-bond donors (Lipinski definition) is 0. The maximum absolute atomic E-state index is 9.17. The Hall–Kier alpha value is -1.65. The second kappa shape index (κ2) is 9.44. The molecule has 2 aliphatic heterocycles. The van der Waals surface area contributed by atoms with Crippen LogP contribution >= 0.6 is 27.7 Å². The van der Waals surface area contributed by atoms with E-state index < -0.39 is 30.0 Å². The van der Waals surface area contributed by atoms with Gasteiger partial charge in [0.2, 0.25) is 0 Å². The number of pyridine rings is 1. The van der Waals surface area contributed by atoms with Gasteiger partial charge in [-0.3, -0.25) is 4.98 Å². The Morgan fingerprint density at radius 3 is 2.83 bits per heavy atom. The normalized spacial score (nSPS) is 31.5. The molecule has 3 heterocycles. The third-order valence-corrected chi connectivity index (χ3v) is 6.31. The van der Waals surface area contributed by atoms with Crippen molar-refractivity contribution in [1.82, 2.24) is 4.98 Å². The number of hydrogen-bond acceptors (Lipinski definition) is 7. The number of rotatable bonds is 5. The van der Waals surface area contributed by atoms with E-state index in [9.17, 15) is 0 Å². The van der Waals surface area contributed by atoms with Gasteiger partial charge < -0.3 is 18.9 Å². The summed E-state index contributed by atoms with van der Waals surface area (Å²) in [4.78, 5) is 8.13. The largest absolute Gasteiger partial charge is 0.377 e. The Kier molecular flexibility index (Phi) is 6.71. The van der Waals surface area contributed by atoms with Gasteiger partial charge in [-0.25, -0.2) is 0 Å². The second-order valence-corrected chi connectivity index (χ2v) is 8.66. The summed E-state index contributed by atoms with van der Waals surface area (Å²) in [6.45, 7) is 0.325. The summed E-state index contributed by atoms with van der Waals surface area (Å²) in [6, 6.07) is 11.0.